The second-order valence-corrected chi connectivity index (χ2v) is 8.64. The van der Waals surface area contributed by atoms with Gasteiger partial charge in [-0.15, -0.1) is 0 Å². The van der Waals surface area contributed by atoms with Gasteiger partial charge in [0.05, 0.1) is 0 Å². The summed E-state index contributed by atoms with van der Waals surface area (Å²) in [5, 5.41) is 0. The molecule has 116 valence electrons. The van der Waals surface area contributed by atoms with E-state index in [2.05, 4.69) is 9.62 Å². The molecule has 3 fully saturated rings. The Hall–Kier alpha value is -0.170. The quantitative estimate of drug-likeness (QED) is 0.764. The van der Waals surface area contributed by atoms with Crippen LogP contribution in [-0.2, 0) is 10.2 Å². The zero-order chi connectivity index (χ0) is 14.3. The minimum atomic E-state index is -3.31. The fourth-order valence-corrected chi connectivity index (χ4v) is 4.48. The second kappa shape index (κ2) is 5.55. The molecular formula is C14H27N3O2S. The van der Waals surface area contributed by atoms with Gasteiger partial charge in [0.1, 0.15) is 0 Å². The van der Waals surface area contributed by atoms with Crippen molar-refractivity contribution < 1.29 is 8.42 Å². The highest BCUT2D eigenvalue weighted by atomic mass is 32.2. The standard InChI is InChI=1S/C14H27N3O2S/c1-11(13-3-4-13)16(2)20(18,19)15-9-12-7-8-17(10-12)14-5-6-14/h11-15H,3-10H2,1-2H3/t11-,12-/m1/s1. The van der Waals surface area contributed by atoms with Gasteiger partial charge in [-0.05, 0) is 57.4 Å². The van der Waals surface area contributed by atoms with Crippen molar-refractivity contribution in [2.24, 2.45) is 11.8 Å². The molecule has 3 rings (SSSR count). The van der Waals surface area contributed by atoms with Crippen molar-refractivity contribution in [3.05, 3.63) is 0 Å². The Morgan fingerprint density at radius 3 is 2.55 bits per heavy atom. The summed E-state index contributed by atoms with van der Waals surface area (Å²) in [5.41, 5.74) is 0. The van der Waals surface area contributed by atoms with Gasteiger partial charge < -0.3 is 4.90 Å². The van der Waals surface area contributed by atoms with Crippen molar-refractivity contribution >= 4 is 10.2 Å². The van der Waals surface area contributed by atoms with Crippen molar-refractivity contribution in [3.8, 4) is 0 Å². The Bertz CT molecular complexity index is 445. The predicted molar refractivity (Wildman–Crippen MR) is 79.6 cm³/mol. The van der Waals surface area contributed by atoms with Gasteiger partial charge in [0, 0.05) is 32.2 Å². The van der Waals surface area contributed by atoms with Gasteiger partial charge >= 0.3 is 0 Å². The molecule has 5 nitrogen and oxygen atoms in total. The van der Waals surface area contributed by atoms with E-state index in [0.29, 0.717) is 18.4 Å². The molecular weight excluding hydrogens is 274 g/mol. The molecule has 1 aliphatic heterocycles. The van der Waals surface area contributed by atoms with E-state index < -0.39 is 10.2 Å². The summed E-state index contributed by atoms with van der Waals surface area (Å²) in [7, 11) is -1.60. The first kappa shape index (κ1) is 14.8. The van der Waals surface area contributed by atoms with E-state index in [4.69, 9.17) is 0 Å². The Labute approximate surface area is 122 Å². The lowest BCUT2D eigenvalue weighted by Crippen LogP contribution is -2.45. The Morgan fingerprint density at radius 1 is 1.25 bits per heavy atom. The number of nitrogens with zero attached hydrogens (tertiary/aromatic N) is 2. The van der Waals surface area contributed by atoms with Crippen LogP contribution in [0.5, 0.6) is 0 Å². The molecule has 6 heteroatoms. The molecule has 2 saturated carbocycles. The summed E-state index contributed by atoms with van der Waals surface area (Å²) in [6.45, 7) is 4.81. The van der Waals surface area contributed by atoms with E-state index >= 15 is 0 Å². The average Bonchev–Trinajstić information content (AvgIpc) is 3.33. The Balaban J connectivity index is 1.46. The largest absolute Gasteiger partial charge is 0.300 e. The number of rotatable bonds is 7. The second-order valence-electron chi connectivity index (χ2n) is 6.83. The molecule has 1 saturated heterocycles. The van der Waals surface area contributed by atoms with Crippen LogP contribution >= 0.6 is 0 Å². The SMILES string of the molecule is C[C@H](C1CC1)N(C)S(=O)(=O)NC[C@H]1CCN(C2CC2)C1. The van der Waals surface area contributed by atoms with Crippen LogP contribution in [0, 0.1) is 11.8 Å². The molecule has 0 aromatic carbocycles. The molecule has 0 aromatic rings. The topological polar surface area (TPSA) is 52.7 Å². The first-order valence-electron chi connectivity index (χ1n) is 7.94. The van der Waals surface area contributed by atoms with E-state index in [-0.39, 0.29) is 6.04 Å². The minimum Gasteiger partial charge on any atom is -0.300 e. The number of nitrogens with one attached hydrogen (secondary N) is 1. The van der Waals surface area contributed by atoms with Gasteiger partial charge in [-0.25, -0.2) is 4.72 Å². The molecule has 0 unspecified atom stereocenters. The fourth-order valence-electron chi connectivity index (χ4n) is 3.22. The van der Waals surface area contributed by atoms with Gasteiger partial charge in [-0.2, -0.15) is 12.7 Å². The van der Waals surface area contributed by atoms with Crippen LogP contribution in [0.25, 0.3) is 0 Å². The average molecular weight is 301 g/mol. The van der Waals surface area contributed by atoms with E-state index in [1.54, 1.807) is 7.05 Å². The molecule has 0 amide bonds. The number of likely N-dealkylation sites (tertiary alicyclic amines) is 1. The van der Waals surface area contributed by atoms with Crippen LogP contribution < -0.4 is 4.72 Å². The molecule has 1 heterocycles. The van der Waals surface area contributed by atoms with Gasteiger partial charge in [0.25, 0.3) is 10.2 Å². The lowest BCUT2D eigenvalue weighted by Gasteiger charge is -2.25. The first-order valence-corrected chi connectivity index (χ1v) is 9.38. The highest BCUT2D eigenvalue weighted by molar-refractivity contribution is 7.87. The van der Waals surface area contributed by atoms with Crippen molar-refractivity contribution in [2.75, 3.05) is 26.7 Å². The highest BCUT2D eigenvalue weighted by Gasteiger charge is 2.37. The van der Waals surface area contributed by atoms with Gasteiger partial charge in [0.15, 0.2) is 0 Å². The normalized spacial score (nSPS) is 30.1. The molecule has 2 aliphatic carbocycles. The fraction of sp³-hybridized carbons (Fsp3) is 1.00. The van der Waals surface area contributed by atoms with Crippen molar-refractivity contribution in [2.45, 2.75) is 51.1 Å². The lowest BCUT2D eigenvalue weighted by atomic mass is 10.1. The molecule has 1 N–H and O–H groups in total. The third-order valence-corrected chi connectivity index (χ3v) is 6.81. The highest BCUT2D eigenvalue weighted by Crippen LogP contribution is 2.35. The van der Waals surface area contributed by atoms with E-state index in [9.17, 15) is 8.42 Å². The van der Waals surface area contributed by atoms with Gasteiger partial charge in [-0.1, -0.05) is 0 Å². The first-order chi connectivity index (χ1) is 9.47. The zero-order valence-electron chi connectivity index (χ0n) is 12.6. The predicted octanol–water partition coefficient (Wildman–Crippen LogP) is 1.04. The van der Waals surface area contributed by atoms with E-state index in [0.717, 1.165) is 25.6 Å². The maximum atomic E-state index is 12.3. The summed E-state index contributed by atoms with van der Waals surface area (Å²) in [6.07, 6.45) is 6.13. The monoisotopic (exact) mass is 301 g/mol. The maximum Gasteiger partial charge on any atom is 0.279 e. The van der Waals surface area contributed by atoms with Crippen LogP contribution in [0.15, 0.2) is 0 Å². The summed E-state index contributed by atoms with van der Waals surface area (Å²) in [6, 6.07) is 0.924. The Kier molecular flexibility index (Phi) is 4.10. The van der Waals surface area contributed by atoms with Crippen LogP contribution in [0.4, 0.5) is 0 Å². The maximum absolute atomic E-state index is 12.3. The van der Waals surface area contributed by atoms with Crippen LogP contribution in [0.1, 0.15) is 39.0 Å². The van der Waals surface area contributed by atoms with Crippen molar-refractivity contribution in [1.82, 2.24) is 13.9 Å². The molecule has 0 spiro atoms. The van der Waals surface area contributed by atoms with Crippen LogP contribution in [0.3, 0.4) is 0 Å². The molecule has 0 aromatic heterocycles. The molecule has 0 radical (unpaired) electrons. The van der Waals surface area contributed by atoms with Gasteiger partial charge in [0.2, 0.25) is 0 Å². The molecule has 0 bridgehead atoms. The lowest BCUT2D eigenvalue weighted by molar-refractivity contribution is 0.312. The summed E-state index contributed by atoms with van der Waals surface area (Å²) in [4.78, 5) is 2.52. The smallest absolute Gasteiger partial charge is 0.279 e. The van der Waals surface area contributed by atoms with Crippen molar-refractivity contribution in [3.63, 3.8) is 0 Å². The molecule has 20 heavy (non-hydrogen) atoms. The third kappa shape index (κ3) is 3.35. The third-order valence-electron chi connectivity index (χ3n) is 5.19. The molecule has 3 aliphatic rings. The van der Waals surface area contributed by atoms with E-state index in [1.165, 1.54) is 30.0 Å². The summed E-state index contributed by atoms with van der Waals surface area (Å²) in [5.74, 6) is 1.04. The van der Waals surface area contributed by atoms with Crippen LogP contribution in [-0.4, -0.2) is 56.4 Å². The number of hydrogen-bond acceptors (Lipinski definition) is 3. The Morgan fingerprint density at radius 2 is 1.95 bits per heavy atom. The molecule has 2 atom stereocenters. The zero-order valence-corrected chi connectivity index (χ0v) is 13.4. The van der Waals surface area contributed by atoms with Gasteiger partial charge in [-0.3, -0.25) is 0 Å². The van der Waals surface area contributed by atoms with E-state index in [1.807, 2.05) is 6.92 Å². The van der Waals surface area contributed by atoms with Crippen LogP contribution in [0.2, 0.25) is 0 Å². The van der Waals surface area contributed by atoms with Crippen molar-refractivity contribution in [1.29, 1.82) is 0 Å². The summed E-state index contributed by atoms with van der Waals surface area (Å²) >= 11 is 0. The summed E-state index contributed by atoms with van der Waals surface area (Å²) < 4.78 is 28.9. The number of hydrogen-bond donors (Lipinski definition) is 1. The minimum absolute atomic E-state index is 0.124.